The lowest BCUT2D eigenvalue weighted by Gasteiger charge is -2.27. The van der Waals surface area contributed by atoms with Crippen LogP contribution in [0.15, 0.2) is 24.3 Å². The van der Waals surface area contributed by atoms with E-state index in [1.54, 1.807) is 0 Å². The predicted octanol–water partition coefficient (Wildman–Crippen LogP) is 2.08. The number of hydrogen-bond donors (Lipinski definition) is 2. The van der Waals surface area contributed by atoms with Crippen LogP contribution in [0, 0.1) is 23.2 Å². The fourth-order valence-electron chi connectivity index (χ4n) is 3.21. The lowest BCUT2D eigenvalue weighted by atomic mass is 9.92. The highest BCUT2D eigenvalue weighted by Crippen LogP contribution is 2.27. The van der Waals surface area contributed by atoms with Crippen molar-refractivity contribution in [1.29, 1.82) is 5.26 Å². The summed E-state index contributed by atoms with van der Waals surface area (Å²) in [6.07, 6.45) is 3.65. The molecule has 1 fully saturated rings. The molecule has 3 atom stereocenters. The minimum Gasteiger partial charge on any atom is -0.384 e. The molecule has 1 aromatic rings. The molecule has 1 aliphatic heterocycles. The maximum atomic E-state index is 12.4. The van der Waals surface area contributed by atoms with Crippen LogP contribution >= 0.6 is 0 Å². The van der Waals surface area contributed by atoms with Crippen molar-refractivity contribution in [2.45, 2.75) is 31.7 Å². The molecular weight excluding hydrogens is 250 g/mol. The van der Waals surface area contributed by atoms with Crippen molar-refractivity contribution in [2.24, 2.45) is 11.8 Å². The summed E-state index contributed by atoms with van der Waals surface area (Å²) in [5, 5.41) is 15.5. The third kappa shape index (κ3) is 2.49. The SMILES string of the molecule is N#CC1CCCC1NC(=O)C1CNc2ccccc2C1. The number of nitrogens with one attached hydrogen (secondary N) is 2. The predicted molar refractivity (Wildman–Crippen MR) is 77.0 cm³/mol. The summed E-state index contributed by atoms with van der Waals surface area (Å²) in [6.45, 7) is 0.673. The average molecular weight is 269 g/mol. The number of nitrogens with zero attached hydrogens (tertiary/aromatic N) is 1. The van der Waals surface area contributed by atoms with E-state index < -0.39 is 0 Å². The number of para-hydroxylation sites is 1. The van der Waals surface area contributed by atoms with Gasteiger partial charge >= 0.3 is 0 Å². The first-order valence-corrected chi connectivity index (χ1v) is 7.29. The van der Waals surface area contributed by atoms with Crippen molar-refractivity contribution in [3.63, 3.8) is 0 Å². The van der Waals surface area contributed by atoms with E-state index in [-0.39, 0.29) is 23.8 Å². The number of nitriles is 1. The van der Waals surface area contributed by atoms with Crippen molar-refractivity contribution in [2.75, 3.05) is 11.9 Å². The fourth-order valence-corrected chi connectivity index (χ4v) is 3.21. The summed E-state index contributed by atoms with van der Waals surface area (Å²) in [5.41, 5.74) is 2.33. The first kappa shape index (κ1) is 13.0. The highest BCUT2D eigenvalue weighted by atomic mass is 16.2. The number of carbonyl (C=O) groups excluding carboxylic acids is 1. The summed E-state index contributed by atoms with van der Waals surface area (Å²) in [7, 11) is 0. The van der Waals surface area contributed by atoms with Gasteiger partial charge in [-0.2, -0.15) is 5.26 Å². The van der Waals surface area contributed by atoms with Crippen LogP contribution in [-0.2, 0) is 11.2 Å². The monoisotopic (exact) mass is 269 g/mol. The van der Waals surface area contributed by atoms with Gasteiger partial charge in [0.15, 0.2) is 0 Å². The first-order valence-electron chi connectivity index (χ1n) is 7.29. The van der Waals surface area contributed by atoms with Crippen molar-refractivity contribution in [3.05, 3.63) is 29.8 Å². The number of amides is 1. The molecule has 2 N–H and O–H groups in total. The Morgan fingerprint density at radius 2 is 2.20 bits per heavy atom. The van der Waals surface area contributed by atoms with Crippen LogP contribution in [0.3, 0.4) is 0 Å². The molecule has 1 aliphatic carbocycles. The van der Waals surface area contributed by atoms with E-state index in [1.807, 2.05) is 18.2 Å². The van der Waals surface area contributed by atoms with E-state index >= 15 is 0 Å². The second kappa shape index (κ2) is 5.54. The van der Waals surface area contributed by atoms with E-state index in [0.29, 0.717) is 6.54 Å². The number of rotatable bonds is 2. The fraction of sp³-hybridized carbons (Fsp3) is 0.500. The Morgan fingerprint density at radius 3 is 3.05 bits per heavy atom. The Hall–Kier alpha value is -2.02. The van der Waals surface area contributed by atoms with Gasteiger partial charge in [-0.05, 0) is 37.3 Å². The Bertz CT molecular complexity index is 549. The van der Waals surface area contributed by atoms with E-state index in [1.165, 1.54) is 5.56 Å². The standard InChI is InChI=1S/C16H19N3O/c17-9-12-5-3-7-15(12)19-16(20)13-8-11-4-1-2-6-14(11)18-10-13/h1-2,4,6,12-13,15,18H,3,5,7-8,10H2,(H,19,20). The molecule has 4 heteroatoms. The van der Waals surface area contributed by atoms with Gasteiger partial charge in [0.25, 0.3) is 0 Å². The van der Waals surface area contributed by atoms with Gasteiger partial charge in [0.05, 0.1) is 17.9 Å². The molecule has 3 unspecified atom stereocenters. The molecule has 20 heavy (non-hydrogen) atoms. The quantitative estimate of drug-likeness (QED) is 0.864. The molecule has 0 aromatic heterocycles. The van der Waals surface area contributed by atoms with Gasteiger partial charge in [0.1, 0.15) is 0 Å². The van der Waals surface area contributed by atoms with Crippen molar-refractivity contribution in [1.82, 2.24) is 5.32 Å². The van der Waals surface area contributed by atoms with Gasteiger partial charge in [-0.15, -0.1) is 0 Å². The zero-order valence-corrected chi connectivity index (χ0v) is 11.4. The Labute approximate surface area is 119 Å². The maximum Gasteiger partial charge on any atom is 0.225 e. The van der Waals surface area contributed by atoms with Crippen molar-refractivity contribution < 1.29 is 4.79 Å². The van der Waals surface area contributed by atoms with E-state index in [9.17, 15) is 4.79 Å². The van der Waals surface area contributed by atoms with Gasteiger partial charge < -0.3 is 10.6 Å². The van der Waals surface area contributed by atoms with Gasteiger partial charge in [-0.3, -0.25) is 4.79 Å². The molecule has 4 nitrogen and oxygen atoms in total. The van der Waals surface area contributed by atoms with Crippen LogP contribution in [0.1, 0.15) is 24.8 Å². The molecule has 104 valence electrons. The van der Waals surface area contributed by atoms with E-state index in [2.05, 4.69) is 22.8 Å². The lowest BCUT2D eigenvalue weighted by molar-refractivity contribution is -0.125. The smallest absolute Gasteiger partial charge is 0.225 e. The largest absolute Gasteiger partial charge is 0.384 e. The second-order valence-corrected chi connectivity index (χ2v) is 5.72. The summed E-state index contributed by atoms with van der Waals surface area (Å²) in [4.78, 5) is 12.4. The Balaban J connectivity index is 1.63. The zero-order chi connectivity index (χ0) is 13.9. The van der Waals surface area contributed by atoms with Crippen molar-refractivity contribution >= 4 is 11.6 Å². The van der Waals surface area contributed by atoms with Crippen LogP contribution in [0.2, 0.25) is 0 Å². The summed E-state index contributed by atoms with van der Waals surface area (Å²) in [6, 6.07) is 10.5. The molecule has 1 amide bonds. The van der Waals surface area contributed by atoms with Crippen molar-refractivity contribution in [3.8, 4) is 6.07 Å². The minimum atomic E-state index is -0.0372. The number of hydrogen-bond acceptors (Lipinski definition) is 3. The van der Waals surface area contributed by atoms with Gasteiger partial charge in [-0.25, -0.2) is 0 Å². The molecular formula is C16H19N3O. The Kier molecular flexibility index (Phi) is 3.60. The van der Waals surface area contributed by atoms with E-state index in [4.69, 9.17) is 5.26 Å². The van der Waals surface area contributed by atoms with Gasteiger partial charge in [0.2, 0.25) is 5.91 Å². The number of fused-ring (bicyclic) bond motifs is 1. The molecule has 1 heterocycles. The number of benzene rings is 1. The van der Waals surface area contributed by atoms with Crippen LogP contribution in [0.5, 0.6) is 0 Å². The molecule has 1 aromatic carbocycles. The third-order valence-electron chi connectivity index (χ3n) is 4.40. The molecule has 2 aliphatic rings. The van der Waals surface area contributed by atoms with Crippen LogP contribution in [0.4, 0.5) is 5.69 Å². The second-order valence-electron chi connectivity index (χ2n) is 5.72. The summed E-state index contributed by atoms with van der Waals surface area (Å²) >= 11 is 0. The molecule has 0 bridgehead atoms. The molecule has 0 saturated heterocycles. The third-order valence-corrected chi connectivity index (χ3v) is 4.40. The van der Waals surface area contributed by atoms with Crippen LogP contribution < -0.4 is 10.6 Å². The summed E-state index contributed by atoms with van der Waals surface area (Å²) in [5.74, 6) is 0.0341. The Morgan fingerprint density at radius 1 is 1.35 bits per heavy atom. The molecule has 0 radical (unpaired) electrons. The maximum absolute atomic E-state index is 12.4. The normalized spacial score (nSPS) is 28.1. The highest BCUT2D eigenvalue weighted by Gasteiger charge is 2.31. The number of carbonyl (C=O) groups is 1. The van der Waals surface area contributed by atoms with Crippen LogP contribution in [0.25, 0.3) is 0 Å². The molecule has 1 saturated carbocycles. The first-order chi connectivity index (χ1) is 9.78. The lowest BCUT2D eigenvalue weighted by Crippen LogP contribution is -2.44. The van der Waals surface area contributed by atoms with Gasteiger partial charge in [0, 0.05) is 18.3 Å². The topological polar surface area (TPSA) is 64.9 Å². The zero-order valence-electron chi connectivity index (χ0n) is 11.4. The molecule has 3 rings (SSSR count). The minimum absolute atomic E-state index is 0.0113. The van der Waals surface area contributed by atoms with E-state index in [0.717, 1.165) is 31.4 Å². The molecule has 0 spiro atoms. The average Bonchev–Trinajstić information content (AvgIpc) is 2.94. The highest BCUT2D eigenvalue weighted by molar-refractivity contribution is 5.81. The summed E-state index contributed by atoms with van der Waals surface area (Å²) < 4.78 is 0. The van der Waals surface area contributed by atoms with Crippen LogP contribution in [-0.4, -0.2) is 18.5 Å². The van der Waals surface area contributed by atoms with Gasteiger partial charge in [-0.1, -0.05) is 18.2 Å². The number of anilines is 1.